The number of hydrogen-bond acceptors (Lipinski definition) is 3. The Labute approximate surface area is 136 Å². The fourth-order valence-electron chi connectivity index (χ4n) is 2.52. The van der Waals surface area contributed by atoms with Gasteiger partial charge >= 0.3 is 0 Å². The monoisotopic (exact) mass is 316 g/mol. The third-order valence-electron chi connectivity index (χ3n) is 3.67. The highest BCUT2D eigenvalue weighted by Gasteiger charge is 2.18. The number of fused-ring (bicyclic) bond motifs is 1. The molecule has 0 aliphatic rings. The molecule has 1 aromatic heterocycles. The number of amides is 2. The van der Waals surface area contributed by atoms with Crippen LogP contribution in [0.1, 0.15) is 31.9 Å². The Hall–Kier alpha value is -2.30. The smallest absolute Gasteiger partial charge is 0.239 e. The van der Waals surface area contributed by atoms with Gasteiger partial charge in [0.15, 0.2) is 0 Å². The van der Waals surface area contributed by atoms with Crippen LogP contribution >= 0.6 is 0 Å². The Bertz CT molecular complexity index is 703. The fraction of sp³-hybridized carbons (Fsp3) is 0.444. The van der Waals surface area contributed by atoms with E-state index in [1.165, 1.54) is 0 Å². The molecule has 5 nitrogen and oxygen atoms in total. The van der Waals surface area contributed by atoms with E-state index in [1.54, 1.807) is 11.2 Å². The van der Waals surface area contributed by atoms with Crippen LogP contribution in [0.3, 0.4) is 0 Å². The Morgan fingerprint density at radius 2 is 2.04 bits per heavy atom. The summed E-state index contributed by atoms with van der Waals surface area (Å²) in [6.07, 6.45) is 1.86. The van der Waals surface area contributed by atoms with Crippen molar-refractivity contribution >= 4 is 22.8 Å². The van der Waals surface area contributed by atoms with Crippen LogP contribution in [0, 0.1) is 6.92 Å². The van der Waals surface area contributed by atoms with Crippen LogP contribution in [-0.4, -0.2) is 35.8 Å². The van der Waals surface area contributed by atoms with Crippen molar-refractivity contribution in [1.82, 2.24) is 10.2 Å². The first kappa shape index (κ1) is 17.1. The summed E-state index contributed by atoms with van der Waals surface area (Å²) in [7, 11) is 0. The predicted molar refractivity (Wildman–Crippen MR) is 90.2 cm³/mol. The van der Waals surface area contributed by atoms with Gasteiger partial charge in [-0.2, -0.15) is 0 Å². The third-order valence-corrected chi connectivity index (χ3v) is 3.67. The van der Waals surface area contributed by atoms with Crippen LogP contribution in [0.25, 0.3) is 11.0 Å². The second-order valence-corrected chi connectivity index (χ2v) is 6.07. The van der Waals surface area contributed by atoms with Gasteiger partial charge < -0.3 is 14.6 Å². The highest BCUT2D eigenvalue weighted by molar-refractivity contribution is 5.90. The number of rotatable bonds is 6. The number of furan rings is 1. The Morgan fingerprint density at radius 1 is 1.30 bits per heavy atom. The first-order chi connectivity index (χ1) is 10.9. The maximum Gasteiger partial charge on any atom is 0.239 e. The first-order valence-corrected chi connectivity index (χ1v) is 7.94. The molecular weight excluding hydrogens is 292 g/mol. The molecule has 124 valence electrons. The van der Waals surface area contributed by atoms with Crippen LogP contribution in [0.5, 0.6) is 0 Å². The molecule has 0 radical (unpaired) electrons. The zero-order valence-corrected chi connectivity index (χ0v) is 14.2. The lowest BCUT2D eigenvalue weighted by Gasteiger charge is -2.21. The van der Waals surface area contributed by atoms with E-state index in [0.29, 0.717) is 6.54 Å². The van der Waals surface area contributed by atoms with Crippen molar-refractivity contribution in [2.24, 2.45) is 0 Å². The second kappa shape index (κ2) is 7.31. The third kappa shape index (κ3) is 4.34. The lowest BCUT2D eigenvalue weighted by Crippen LogP contribution is -2.43. The summed E-state index contributed by atoms with van der Waals surface area (Å²) in [5, 5.41) is 3.76. The number of aryl methyl sites for hydroxylation is 1. The van der Waals surface area contributed by atoms with Crippen molar-refractivity contribution in [1.29, 1.82) is 0 Å². The lowest BCUT2D eigenvalue weighted by molar-refractivity contribution is -0.135. The average Bonchev–Trinajstić information content (AvgIpc) is 2.86. The van der Waals surface area contributed by atoms with Crippen LogP contribution < -0.4 is 5.32 Å². The fourth-order valence-corrected chi connectivity index (χ4v) is 2.52. The van der Waals surface area contributed by atoms with Gasteiger partial charge in [-0.05, 0) is 39.3 Å². The van der Waals surface area contributed by atoms with Crippen molar-refractivity contribution in [3.05, 3.63) is 35.6 Å². The number of carbonyl (C=O) groups excluding carboxylic acids is 2. The molecule has 5 heteroatoms. The first-order valence-electron chi connectivity index (χ1n) is 7.94. The summed E-state index contributed by atoms with van der Waals surface area (Å²) in [6, 6.07) is 5.99. The summed E-state index contributed by atoms with van der Waals surface area (Å²) < 4.78 is 5.53. The van der Waals surface area contributed by atoms with Gasteiger partial charge in [-0.3, -0.25) is 9.59 Å². The van der Waals surface area contributed by atoms with Gasteiger partial charge in [0.1, 0.15) is 5.58 Å². The van der Waals surface area contributed by atoms with Crippen molar-refractivity contribution in [3.63, 3.8) is 0 Å². The van der Waals surface area contributed by atoms with Gasteiger partial charge in [0.25, 0.3) is 0 Å². The van der Waals surface area contributed by atoms with Crippen molar-refractivity contribution in [3.8, 4) is 0 Å². The standard InChI is InChI=1S/C18H24N2O3/c1-5-20(10-17(21)19-12(2)3)18(22)9-14-11-23-16-8-13(4)6-7-15(14)16/h6-8,11-12H,5,9-10H2,1-4H3,(H,19,21). The van der Waals surface area contributed by atoms with E-state index in [0.717, 1.165) is 22.1 Å². The molecule has 2 amide bonds. The Balaban J connectivity index is 2.07. The molecule has 0 aliphatic carbocycles. The van der Waals surface area contributed by atoms with Gasteiger partial charge in [0.2, 0.25) is 11.8 Å². The number of nitrogens with one attached hydrogen (secondary N) is 1. The molecule has 1 heterocycles. The Morgan fingerprint density at radius 3 is 2.70 bits per heavy atom. The predicted octanol–water partition coefficient (Wildman–Crippen LogP) is 2.66. The number of nitrogens with zero attached hydrogens (tertiary/aromatic N) is 1. The maximum absolute atomic E-state index is 12.5. The van der Waals surface area contributed by atoms with Crippen LogP contribution in [0.15, 0.2) is 28.9 Å². The van der Waals surface area contributed by atoms with Gasteiger partial charge in [0.05, 0.1) is 19.2 Å². The largest absolute Gasteiger partial charge is 0.464 e. The second-order valence-electron chi connectivity index (χ2n) is 6.07. The van der Waals surface area contributed by atoms with E-state index in [4.69, 9.17) is 4.42 Å². The number of carbonyl (C=O) groups is 2. The molecule has 2 aromatic rings. The molecule has 0 spiro atoms. The highest BCUT2D eigenvalue weighted by atomic mass is 16.3. The zero-order valence-electron chi connectivity index (χ0n) is 14.2. The van der Waals surface area contributed by atoms with Crippen LogP contribution in [0.2, 0.25) is 0 Å². The average molecular weight is 316 g/mol. The molecule has 0 fully saturated rings. The van der Waals surface area contributed by atoms with Gasteiger partial charge in [-0.15, -0.1) is 0 Å². The molecule has 2 rings (SSSR count). The molecule has 0 atom stereocenters. The summed E-state index contributed by atoms with van der Waals surface area (Å²) in [6.45, 7) is 8.25. The number of likely N-dealkylation sites (N-methyl/N-ethyl adjacent to an activating group) is 1. The van der Waals surface area contributed by atoms with Gasteiger partial charge in [0, 0.05) is 23.5 Å². The summed E-state index contributed by atoms with van der Waals surface area (Å²) >= 11 is 0. The minimum absolute atomic E-state index is 0.0670. The van der Waals surface area contributed by atoms with E-state index < -0.39 is 0 Å². The quantitative estimate of drug-likeness (QED) is 0.891. The maximum atomic E-state index is 12.5. The van der Waals surface area contributed by atoms with Crippen molar-refractivity contribution in [2.45, 2.75) is 40.2 Å². The molecule has 23 heavy (non-hydrogen) atoms. The van der Waals surface area contributed by atoms with Crippen LogP contribution in [0.4, 0.5) is 0 Å². The van der Waals surface area contributed by atoms with E-state index in [1.807, 2.05) is 45.9 Å². The number of benzene rings is 1. The zero-order chi connectivity index (χ0) is 17.0. The van der Waals surface area contributed by atoms with Crippen LogP contribution in [-0.2, 0) is 16.0 Å². The van der Waals surface area contributed by atoms with E-state index in [2.05, 4.69) is 5.32 Å². The molecule has 1 aromatic carbocycles. The molecule has 0 aliphatic heterocycles. The van der Waals surface area contributed by atoms with E-state index in [-0.39, 0.29) is 30.8 Å². The summed E-state index contributed by atoms with van der Waals surface area (Å²) in [5.41, 5.74) is 2.76. The van der Waals surface area contributed by atoms with E-state index >= 15 is 0 Å². The molecule has 0 unspecified atom stereocenters. The van der Waals surface area contributed by atoms with Gasteiger partial charge in [-0.1, -0.05) is 12.1 Å². The van der Waals surface area contributed by atoms with E-state index in [9.17, 15) is 9.59 Å². The molecule has 1 N–H and O–H groups in total. The normalized spacial score (nSPS) is 11.0. The molecular formula is C18H24N2O3. The molecule has 0 saturated carbocycles. The highest BCUT2D eigenvalue weighted by Crippen LogP contribution is 2.23. The Kier molecular flexibility index (Phi) is 5.42. The SMILES string of the molecule is CCN(CC(=O)NC(C)C)C(=O)Cc1coc2cc(C)ccc12. The van der Waals surface area contributed by atoms with Gasteiger partial charge in [-0.25, -0.2) is 0 Å². The minimum Gasteiger partial charge on any atom is -0.464 e. The minimum atomic E-state index is -0.136. The molecule has 0 bridgehead atoms. The van der Waals surface area contributed by atoms with Crippen molar-refractivity contribution < 1.29 is 14.0 Å². The van der Waals surface area contributed by atoms with Crippen molar-refractivity contribution in [2.75, 3.05) is 13.1 Å². The topological polar surface area (TPSA) is 62.6 Å². The lowest BCUT2D eigenvalue weighted by atomic mass is 10.1. The summed E-state index contributed by atoms with van der Waals surface area (Å²) in [4.78, 5) is 25.9. The molecule has 0 saturated heterocycles. The summed E-state index contributed by atoms with van der Waals surface area (Å²) in [5.74, 6) is -0.211. The number of hydrogen-bond donors (Lipinski definition) is 1.